The van der Waals surface area contributed by atoms with Crippen molar-refractivity contribution in [2.75, 3.05) is 4.61 Å². The summed E-state index contributed by atoms with van der Waals surface area (Å²) in [4.78, 5) is 4.63. The molecule has 0 aliphatic heterocycles. The van der Waals surface area contributed by atoms with Crippen molar-refractivity contribution in [1.29, 1.82) is 0 Å². The third-order valence-corrected chi connectivity index (χ3v) is 0.659. The molecule has 0 saturated heterocycles. The Hall–Kier alpha value is 0.200. The van der Waals surface area contributed by atoms with E-state index in [-0.39, 0.29) is 0 Å². The first-order valence-corrected chi connectivity index (χ1v) is 3.64. The Bertz CT molecular complexity index is 55.7. The summed E-state index contributed by atoms with van der Waals surface area (Å²) in [7, 11) is 0. The van der Waals surface area contributed by atoms with E-state index in [1.165, 1.54) is 0 Å². The van der Waals surface area contributed by atoms with Crippen LogP contribution in [0.2, 0.25) is 0 Å². The molecule has 0 unspecified atom stereocenters. The van der Waals surface area contributed by atoms with Crippen molar-refractivity contribution in [3.63, 3.8) is 0 Å². The summed E-state index contributed by atoms with van der Waals surface area (Å²) in [5.41, 5.74) is 0. The maximum atomic E-state index is 4.63. The largest absolute Gasteiger partial charge is 0.386 e. The SMILES string of the molecule is CC/C=N/OCI. The van der Waals surface area contributed by atoms with Crippen LogP contribution in [-0.2, 0) is 4.84 Å². The quantitative estimate of drug-likeness (QED) is 0.303. The van der Waals surface area contributed by atoms with Gasteiger partial charge >= 0.3 is 0 Å². The standard InChI is InChI=1S/C4H8INO/c1-2-3-6-7-4-5/h3H,2,4H2,1H3/b6-3+. The molecule has 2 nitrogen and oxygen atoms in total. The van der Waals surface area contributed by atoms with E-state index in [0.29, 0.717) is 4.61 Å². The number of halogens is 1. The van der Waals surface area contributed by atoms with Crippen LogP contribution >= 0.6 is 22.6 Å². The van der Waals surface area contributed by atoms with Crippen LogP contribution in [0.1, 0.15) is 13.3 Å². The second-order valence-corrected chi connectivity index (χ2v) is 1.56. The second-order valence-electron chi connectivity index (χ2n) is 0.934. The van der Waals surface area contributed by atoms with E-state index < -0.39 is 0 Å². The minimum Gasteiger partial charge on any atom is -0.386 e. The molecule has 0 heterocycles. The molecule has 0 bridgehead atoms. The Balaban J connectivity index is 2.78. The zero-order valence-corrected chi connectivity index (χ0v) is 6.38. The number of rotatable bonds is 3. The van der Waals surface area contributed by atoms with Crippen molar-refractivity contribution in [2.45, 2.75) is 13.3 Å². The van der Waals surface area contributed by atoms with E-state index in [1.54, 1.807) is 6.21 Å². The van der Waals surface area contributed by atoms with E-state index in [2.05, 4.69) is 32.6 Å². The van der Waals surface area contributed by atoms with Crippen LogP contribution in [0.5, 0.6) is 0 Å². The Morgan fingerprint density at radius 1 is 1.86 bits per heavy atom. The number of oxime groups is 1. The second kappa shape index (κ2) is 6.20. The van der Waals surface area contributed by atoms with Crippen molar-refractivity contribution in [1.82, 2.24) is 0 Å². The lowest BCUT2D eigenvalue weighted by Crippen LogP contribution is -1.74. The number of nitrogens with zero attached hydrogens (tertiary/aromatic N) is 1. The third-order valence-electron chi connectivity index (χ3n) is 0.380. The van der Waals surface area contributed by atoms with Gasteiger partial charge in [-0.15, -0.1) is 0 Å². The maximum Gasteiger partial charge on any atom is 0.167 e. The first kappa shape index (κ1) is 7.20. The van der Waals surface area contributed by atoms with Gasteiger partial charge in [-0.2, -0.15) is 0 Å². The van der Waals surface area contributed by atoms with Gasteiger partial charge in [0.15, 0.2) is 4.61 Å². The van der Waals surface area contributed by atoms with Crippen LogP contribution in [0.4, 0.5) is 0 Å². The van der Waals surface area contributed by atoms with Gasteiger partial charge in [0.1, 0.15) is 0 Å². The third kappa shape index (κ3) is 6.20. The zero-order valence-electron chi connectivity index (χ0n) is 4.22. The molecule has 0 saturated carbocycles. The zero-order chi connectivity index (χ0) is 5.54. The minimum absolute atomic E-state index is 0.633. The summed E-state index contributed by atoms with van der Waals surface area (Å²) in [6, 6.07) is 0. The van der Waals surface area contributed by atoms with Gasteiger partial charge in [-0.05, 0) is 29.0 Å². The fourth-order valence-electron chi connectivity index (χ4n) is 0.155. The molecule has 0 aromatic carbocycles. The number of hydrogen-bond donors (Lipinski definition) is 0. The van der Waals surface area contributed by atoms with E-state index >= 15 is 0 Å². The molecule has 3 heteroatoms. The lowest BCUT2D eigenvalue weighted by atomic mass is 10.6. The average molecular weight is 213 g/mol. The molecule has 0 aliphatic rings. The van der Waals surface area contributed by atoms with E-state index in [9.17, 15) is 0 Å². The summed E-state index contributed by atoms with van der Waals surface area (Å²) < 4.78 is 0.633. The average Bonchev–Trinajstić information content (AvgIpc) is 1.69. The molecule has 0 N–H and O–H groups in total. The highest BCUT2D eigenvalue weighted by Crippen LogP contribution is 1.82. The summed E-state index contributed by atoms with van der Waals surface area (Å²) in [5.74, 6) is 0. The lowest BCUT2D eigenvalue weighted by Gasteiger charge is -1.84. The Labute approximate surface area is 57.1 Å². The minimum atomic E-state index is 0.633. The molecule has 0 rings (SSSR count). The monoisotopic (exact) mass is 213 g/mol. The Morgan fingerprint density at radius 2 is 2.57 bits per heavy atom. The molecular formula is C4H8INO. The lowest BCUT2D eigenvalue weighted by molar-refractivity contribution is 0.206. The highest BCUT2D eigenvalue weighted by atomic mass is 127. The molecule has 7 heavy (non-hydrogen) atoms. The molecule has 0 amide bonds. The predicted molar refractivity (Wildman–Crippen MR) is 38.8 cm³/mol. The number of hydrogen-bond acceptors (Lipinski definition) is 2. The molecular weight excluding hydrogens is 205 g/mol. The van der Waals surface area contributed by atoms with Gasteiger partial charge in [0.2, 0.25) is 0 Å². The van der Waals surface area contributed by atoms with Gasteiger partial charge in [0.25, 0.3) is 0 Å². The fraction of sp³-hybridized carbons (Fsp3) is 0.750. The maximum absolute atomic E-state index is 4.63. The molecule has 0 atom stereocenters. The topological polar surface area (TPSA) is 21.6 Å². The summed E-state index contributed by atoms with van der Waals surface area (Å²) >= 11 is 2.09. The van der Waals surface area contributed by atoms with Gasteiger partial charge < -0.3 is 4.84 Å². The van der Waals surface area contributed by atoms with Crippen LogP contribution in [0.3, 0.4) is 0 Å². The fourth-order valence-corrected chi connectivity index (χ4v) is 0.316. The smallest absolute Gasteiger partial charge is 0.167 e. The van der Waals surface area contributed by atoms with Crippen molar-refractivity contribution in [2.24, 2.45) is 5.16 Å². The highest BCUT2D eigenvalue weighted by molar-refractivity contribution is 14.1. The molecule has 0 radical (unpaired) electrons. The van der Waals surface area contributed by atoms with Crippen molar-refractivity contribution >= 4 is 28.8 Å². The molecule has 42 valence electrons. The molecule has 0 aromatic heterocycles. The summed E-state index contributed by atoms with van der Waals surface area (Å²) in [6.07, 6.45) is 2.68. The predicted octanol–water partition coefficient (Wildman–Crippen LogP) is 1.79. The van der Waals surface area contributed by atoms with Crippen LogP contribution in [0, 0.1) is 0 Å². The highest BCUT2D eigenvalue weighted by Gasteiger charge is 1.67. The Morgan fingerprint density at radius 3 is 3.00 bits per heavy atom. The molecule has 0 spiro atoms. The first-order chi connectivity index (χ1) is 3.41. The van der Waals surface area contributed by atoms with Gasteiger partial charge in [-0.25, -0.2) is 0 Å². The van der Waals surface area contributed by atoms with Crippen molar-refractivity contribution < 1.29 is 4.84 Å². The van der Waals surface area contributed by atoms with Crippen LogP contribution in [0.25, 0.3) is 0 Å². The molecule has 0 aliphatic carbocycles. The van der Waals surface area contributed by atoms with Crippen molar-refractivity contribution in [3.05, 3.63) is 0 Å². The van der Waals surface area contributed by atoms with Crippen LogP contribution < -0.4 is 0 Å². The molecule has 0 aromatic rings. The van der Waals surface area contributed by atoms with E-state index in [0.717, 1.165) is 6.42 Å². The van der Waals surface area contributed by atoms with Gasteiger partial charge in [0.05, 0.1) is 0 Å². The van der Waals surface area contributed by atoms with Crippen LogP contribution in [0.15, 0.2) is 5.16 Å². The van der Waals surface area contributed by atoms with E-state index in [4.69, 9.17) is 0 Å². The summed E-state index contributed by atoms with van der Waals surface area (Å²) in [5, 5.41) is 3.58. The van der Waals surface area contributed by atoms with Gasteiger partial charge in [0, 0.05) is 6.21 Å². The molecule has 0 fully saturated rings. The van der Waals surface area contributed by atoms with E-state index in [1.807, 2.05) is 6.92 Å². The van der Waals surface area contributed by atoms with Crippen LogP contribution in [-0.4, -0.2) is 10.8 Å². The summed E-state index contributed by atoms with van der Waals surface area (Å²) in [6.45, 7) is 2.01. The van der Waals surface area contributed by atoms with Crippen molar-refractivity contribution in [3.8, 4) is 0 Å². The normalized spacial score (nSPS) is 10.0. The van der Waals surface area contributed by atoms with Gasteiger partial charge in [-0.1, -0.05) is 12.1 Å². The Kier molecular flexibility index (Phi) is 6.38. The number of alkyl halides is 1. The first-order valence-electron chi connectivity index (χ1n) is 2.11. The van der Waals surface area contributed by atoms with Gasteiger partial charge in [-0.3, -0.25) is 0 Å².